The molecule has 1 saturated heterocycles. The number of piperazine rings is 1. The smallest absolute Gasteiger partial charge is 0.254 e. The average Bonchev–Trinajstić information content (AvgIpc) is 2.46. The molecule has 0 aliphatic carbocycles. The maximum atomic E-state index is 12.4. The van der Waals surface area contributed by atoms with Crippen LogP contribution in [0.2, 0.25) is 0 Å². The molecule has 20 heavy (non-hydrogen) atoms. The largest absolute Gasteiger partial charge is 0.497 e. The lowest BCUT2D eigenvalue weighted by Gasteiger charge is -2.36. The molecule has 2 rings (SSSR count). The molecular weight excluding hydrogens is 256 g/mol. The zero-order valence-corrected chi connectivity index (χ0v) is 12.1. The Morgan fingerprint density at radius 1 is 1.30 bits per heavy atom. The number of rotatable bonds is 3. The lowest BCUT2D eigenvalue weighted by atomic mass is 10.1. The summed E-state index contributed by atoms with van der Waals surface area (Å²) in [5.74, 6) is 0.520. The highest BCUT2D eigenvalue weighted by Crippen LogP contribution is 2.16. The average molecular weight is 276 g/mol. The molecule has 0 atom stereocenters. The third-order valence-electron chi connectivity index (χ3n) is 3.48. The minimum Gasteiger partial charge on any atom is -0.497 e. The molecule has 0 unspecified atom stereocenters. The van der Waals surface area contributed by atoms with E-state index in [0.29, 0.717) is 24.4 Å². The van der Waals surface area contributed by atoms with Crippen molar-refractivity contribution < 1.29 is 14.3 Å². The summed E-state index contributed by atoms with van der Waals surface area (Å²) in [5.41, 5.74) is 0.551. The van der Waals surface area contributed by atoms with Gasteiger partial charge >= 0.3 is 0 Å². The summed E-state index contributed by atoms with van der Waals surface area (Å²) in [6.07, 6.45) is 0. The summed E-state index contributed by atoms with van der Waals surface area (Å²) in [5, 5.41) is 0. The monoisotopic (exact) mass is 276 g/mol. The summed E-state index contributed by atoms with van der Waals surface area (Å²) in [4.78, 5) is 27.8. The zero-order valence-electron chi connectivity index (χ0n) is 12.1. The number of nitrogens with zero attached hydrogens (tertiary/aromatic N) is 2. The molecule has 1 aliphatic heterocycles. The number of benzene rings is 1. The first-order chi connectivity index (χ1) is 9.52. The highest BCUT2D eigenvalue weighted by atomic mass is 16.5. The van der Waals surface area contributed by atoms with Gasteiger partial charge < -0.3 is 14.5 Å². The molecule has 1 aromatic rings. The maximum Gasteiger partial charge on any atom is 0.254 e. The second kappa shape index (κ2) is 5.94. The highest BCUT2D eigenvalue weighted by Gasteiger charge is 2.28. The Labute approximate surface area is 119 Å². The van der Waals surface area contributed by atoms with E-state index in [1.165, 1.54) is 0 Å². The van der Waals surface area contributed by atoms with Crippen LogP contribution < -0.4 is 4.74 Å². The second-order valence-electron chi connectivity index (χ2n) is 5.14. The van der Waals surface area contributed by atoms with Crippen molar-refractivity contribution in [2.45, 2.75) is 19.9 Å². The predicted octanol–water partition coefficient (Wildman–Crippen LogP) is 1.39. The zero-order chi connectivity index (χ0) is 14.7. The molecule has 1 heterocycles. The molecule has 0 aromatic heterocycles. The summed E-state index contributed by atoms with van der Waals surface area (Å²) in [6, 6.07) is 7.18. The molecule has 0 spiro atoms. The molecule has 0 saturated carbocycles. The molecule has 108 valence electrons. The molecule has 0 bridgehead atoms. The number of carbonyl (C=O) groups is 2. The van der Waals surface area contributed by atoms with Gasteiger partial charge in [-0.1, -0.05) is 6.07 Å². The van der Waals surface area contributed by atoms with Crippen LogP contribution in [0.1, 0.15) is 24.2 Å². The van der Waals surface area contributed by atoms with Crippen molar-refractivity contribution in [3.05, 3.63) is 29.8 Å². The van der Waals surface area contributed by atoms with Gasteiger partial charge in [0, 0.05) is 24.7 Å². The van der Waals surface area contributed by atoms with Crippen LogP contribution in [0, 0.1) is 0 Å². The topological polar surface area (TPSA) is 49.9 Å². The van der Waals surface area contributed by atoms with Crippen molar-refractivity contribution in [1.29, 1.82) is 0 Å². The van der Waals surface area contributed by atoms with E-state index in [4.69, 9.17) is 4.74 Å². The third kappa shape index (κ3) is 2.92. The van der Waals surface area contributed by atoms with E-state index in [1.807, 2.05) is 13.8 Å². The Bertz CT molecular complexity index is 514. The van der Waals surface area contributed by atoms with E-state index in [-0.39, 0.29) is 24.4 Å². The van der Waals surface area contributed by atoms with Gasteiger partial charge in [0.25, 0.3) is 5.91 Å². The van der Waals surface area contributed by atoms with E-state index in [1.54, 1.807) is 41.2 Å². The Morgan fingerprint density at radius 2 is 2.05 bits per heavy atom. The van der Waals surface area contributed by atoms with Gasteiger partial charge in [0.15, 0.2) is 0 Å². The summed E-state index contributed by atoms with van der Waals surface area (Å²) >= 11 is 0. The number of methoxy groups -OCH3 is 1. The van der Waals surface area contributed by atoms with Gasteiger partial charge in [-0.15, -0.1) is 0 Å². The lowest BCUT2D eigenvalue weighted by Crippen LogP contribution is -2.54. The van der Waals surface area contributed by atoms with E-state index in [0.717, 1.165) is 0 Å². The van der Waals surface area contributed by atoms with Gasteiger partial charge in [-0.05, 0) is 32.0 Å². The van der Waals surface area contributed by atoms with Crippen molar-refractivity contribution in [2.24, 2.45) is 0 Å². The van der Waals surface area contributed by atoms with Crippen molar-refractivity contribution in [1.82, 2.24) is 9.80 Å². The van der Waals surface area contributed by atoms with Crippen LogP contribution in [0.25, 0.3) is 0 Å². The van der Waals surface area contributed by atoms with E-state index in [2.05, 4.69) is 0 Å². The highest BCUT2D eigenvalue weighted by molar-refractivity contribution is 5.97. The van der Waals surface area contributed by atoms with Gasteiger partial charge in [-0.2, -0.15) is 0 Å². The third-order valence-corrected chi connectivity index (χ3v) is 3.48. The van der Waals surface area contributed by atoms with Gasteiger partial charge in [0.2, 0.25) is 5.91 Å². The Morgan fingerprint density at radius 3 is 2.65 bits per heavy atom. The number of carbonyl (C=O) groups excluding carboxylic acids is 2. The summed E-state index contributed by atoms with van der Waals surface area (Å²) < 4.78 is 5.12. The standard InChI is InChI=1S/C15H20N2O3/c1-11(2)17-8-7-16(10-14(17)18)15(19)12-5-4-6-13(9-12)20-3/h4-6,9,11H,7-8,10H2,1-3H3. The SMILES string of the molecule is COc1cccc(C(=O)N2CCN(C(C)C)C(=O)C2)c1. The summed E-state index contributed by atoms with van der Waals surface area (Å²) in [7, 11) is 1.56. The van der Waals surface area contributed by atoms with Crippen molar-refractivity contribution in [3.63, 3.8) is 0 Å². The van der Waals surface area contributed by atoms with Gasteiger partial charge in [0.05, 0.1) is 7.11 Å². The first-order valence-electron chi connectivity index (χ1n) is 6.75. The van der Waals surface area contributed by atoms with Gasteiger partial charge in [-0.25, -0.2) is 0 Å². The van der Waals surface area contributed by atoms with E-state index in [9.17, 15) is 9.59 Å². The van der Waals surface area contributed by atoms with Crippen LogP contribution in [0.4, 0.5) is 0 Å². The van der Waals surface area contributed by atoms with Crippen molar-refractivity contribution >= 4 is 11.8 Å². The second-order valence-corrected chi connectivity index (χ2v) is 5.14. The van der Waals surface area contributed by atoms with Crippen molar-refractivity contribution in [2.75, 3.05) is 26.7 Å². The van der Waals surface area contributed by atoms with E-state index >= 15 is 0 Å². The lowest BCUT2D eigenvalue weighted by molar-refractivity contribution is -0.136. The fourth-order valence-corrected chi connectivity index (χ4v) is 2.34. The molecule has 1 aliphatic rings. The first kappa shape index (κ1) is 14.4. The fraction of sp³-hybridized carbons (Fsp3) is 0.467. The normalized spacial score (nSPS) is 15.7. The molecule has 5 nitrogen and oxygen atoms in total. The Kier molecular flexibility index (Phi) is 4.27. The fourth-order valence-electron chi connectivity index (χ4n) is 2.34. The number of hydrogen-bond acceptors (Lipinski definition) is 3. The van der Waals surface area contributed by atoms with Crippen molar-refractivity contribution in [3.8, 4) is 5.75 Å². The molecule has 1 fully saturated rings. The van der Waals surface area contributed by atoms with Crippen LogP contribution in [0.3, 0.4) is 0 Å². The van der Waals surface area contributed by atoms with Gasteiger partial charge in [0.1, 0.15) is 12.3 Å². The molecular formula is C15H20N2O3. The minimum atomic E-state index is -0.124. The van der Waals surface area contributed by atoms with Gasteiger partial charge in [-0.3, -0.25) is 9.59 Å². The van der Waals surface area contributed by atoms with E-state index < -0.39 is 0 Å². The quantitative estimate of drug-likeness (QED) is 0.838. The van der Waals surface area contributed by atoms with Crippen LogP contribution >= 0.6 is 0 Å². The molecule has 0 N–H and O–H groups in total. The van der Waals surface area contributed by atoms with Crippen LogP contribution in [-0.2, 0) is 4.79 Å². The molecule has 0 radical (unpaired) electrons. The van der Waals surface area contributed by atoms with Crippen LogP contribution in [-0.4, -0.2) is 54.4 Å². The Hall–Kier alpha value is -2.04. The minimum absolute atomic E-state index is 0.00231. The van der Waals surface area contributed by atoms with Crippen LogP contribution in [0.15, 0.2) is 24.3 Å². The molecule has 5 heteroatoms. The predicted molar refractivity (Wildman–Crippen MR) is 75.7 cm³/mol. The van der Waals surface area contributed by atoms with Crippen LogP contribution in [0.5, 0.6) is 5.75 Å². The molecule has 1 aromatic carbocycles. The summed E-state index contributed by atoms with van der Waals surface area (Å²) in [6.45, 7) is 5.27. The maximum absolute atomic E-state index is 12.4. The Balaban J connectivity index is 2.09. The number of amides is 2. The number of hydrogen-bond donors (Lipinski definition) is 0. The first-order valence-corrected chi connectivity index (χ1v) is 6.75. The number of ether oxygens (including phenoxy) is 1. The molecule has 2 amide bonds.